The molecule has 0 unspecified atom stereocenters. The maximum atomic E-state index is 11.6. The lowest BCUT2D eigenvalue weighted by Crippen LogP contribution is -2.54. The lowest BCUT2D eigenvalue weighted by Gasteiger charge is -2.26. The SMILES string of the molecule is CC(C)(C)OC(=O)[C@@]1(N)CCCC1=O. The molecule has 1 saturated carbocycles. The van der Waals surface area contributed by atoms with Gasteiger partial charge in [0.2, 0.25) is 0 Å². The van der Waals surface area contributed by atoms with Crippen molar-refractivity contribution in [3.05, 3.63) is 0 Å². The molecule has 1 aliphatic rings. The van der Waals surface area contributed by atoms with Crippen molar-refractivity contribution in [3.63, 3.8) is 0 Å². The Morgan fingerprint density at radius 2 is 2.07 bits per heavy atom. The van der Waals surface area contributed by atoms with E-state index < -0.39 is 17.1 Å². The highest BCUT2D eigenvalue weighted by atomic mass is 16.6. The van der Waals surface area contributed by atoms with Crippen molar-refractivity contribution < 1.29 is 14.3 Å². The number of rotatable bonds is 1. The van der Waals surface area contributed by atoms with Gasteiger partial charge >= 0.3 is 5.97 Å². The Hall–Kier alpha value is -0.900. The van der Waals surface area contributed by atoms with Crippen LogP contribution in [0.1, 0.15) is 40.0 Å². The smallest absolute Gasteiger partial charge is 0.334 e. The molecule has 4 nitrogen and oxygen atoms in total. The number of hydrogen-bond acceptors (Lipinski definition) is 4. The van der Waals surface area contributed by atoms with Gasteiger partial charge in [-0.25, -0.2) is 4.79 Å². The van der Waals surface area contributed by atoms with Crippen LogP contribution in [0, 0.1) is 0 Å². The molecule has 1 fully saturated rings. The average molecular weight is 199 g/mol. The summed E-state index contributed by atoms with van der Waals surface area (Å²) in [5.74, 6) is -0.792. The summed E-state index contributed by atoms with van der Waals surface area (Å²) in [6.45, 7) is 5.27. The van der Waals surface area contributed by atoms with Crippen LogP contribution in [0.3, 0.4) is 0 Å². The first-order chi connectivity index (χ1) is 6.26. The first-order valence-corrected chi connectivity index (χ1v) is 4.81. The Kier molecular flexibility index (Phi) is 2.67. The average Bonchev–Trinajstić information content (AvgIpc) is 2.30. The van der Waals surface area contributed by atoms with Crippen LogP contribution >= 0.6 is 0 Å². The normalized spacial score (nSPS) is 27.9. The van der Waals surface area contributed by atoms with Crippen LogP contribution in [0.25, 0.3) is 0 Å². The summed E-state index contributed by atoms with van der Waals surface area (Å²) in [7, 11) is 0. The number of carbonyl (C=O) groups is 2. The first-order valence-electron chi connectivity index (χ1n) is 4.81. The van der Waals surface area contributed by atoms with Crippen molar-refractivity contribution in [3.8, 4) is 0 Å². The molecule has 0 saturated heterocycles. The van der Waals surface area contributed by atoms with Crippen molar-refractivity contribution in [2.45, 2.75) is 51.2 Å². The molecule has 80 valence electrons. The van der Waals surface area contributed by atoms with Gasteiger partial charge in [0.15, 0.2) is 11.3 Å². The molecular weight excluding hydrogens is 182 g/mol. The Morgan fingerprint density at radius 1 is 1.50 bits per heavy atom. The van der Waals surface area contributed by atoms with Gasteiger partial charge in [0.05, 0.1) is 0 Å². The fraction of sp³-hybridized carbons (Fsp3) is 0.800. The monoisotopic (exact) mass is 199 g/mol. The molecule has 1 rings (SSSR count). The topological polar surface area (TPSA) is 69.4 Å². The van der Waals surface area contributed by atoms with E-state index in [1.807, 2.05) is 0 Å². The molecule has 0 bridgehead atoms. The van der Waals surface area contributed by atoms with Crippen molar-refractivity contribution in [2.75, 3.05) is 0 Å². The van der Waals surface area contributed by atoms with Crippen molar-refractivity contribution in [1.29, 1.82) is 0 Å². The van der Waals surface area contributed by atoms with E-state index in [0.29, 0.717) is 19.3 Å². The zero-order valence-electron chi connectivity index (χ0n) is 8.92. The van der Waals surface area contributed by atoms with Crippen LogP contribution < -0.4 is 5.73 Å². The summed E-state index contributed by atoms with van der Waals surface area (Å²) in [5, 5.41) is 0. The van der Waals surface area contributed by atoms with Crippen molar-refractivity contribution in [1.82, 2.24) is 0 Å². The molecule has 0 aromatic rings. The van der Waals surface area contributed by atoms with Crippen LogP contribution in [0.5, 0.6) is 0 Å². The summed E-state index contributed by atoms with van der Waals surface area (Å²) < 4.78 is 5.11. The number of ether oxygens (including phenoxy) is 1. The molecule has 0 heterocycles. The zero-order chi connectivity index (χ0) is 11.0. The van der Waals surface area contributed by atoms with E-state index in [-0.39, 0.29) is 5.78 Å². The second-order valence-electron chi connectivity index (χ2n) is 4.75. The molecule has 1 aliphatic carbocycles. The summed E-state index contributed by atoms with van der Waals surface area (Å²) in [6.07, 6.45) is 1.46. The van der Waals surface area contributed by atoms with Crippen LogP contribution in [0.2, 0.25) is 0 Å². The van der Waals surface area contributed by atoms with Gasteiger partial charge in [-0.3, -0.25) is 4.79 Å². The van der Waals surface area contributed by atoms with Gasteiger partial charge in [-0.2, -0.15) is 0 Å². The number of hydrogen-bond donors (Lipinski definition) is 1. The number of Topliss-reactive ketones (excluding diaryl/α,β-unsaturated/α-hetero) is 1. The molecule has 1 atom stereocenters. The molecular formula is C10H17NO3. The van der Waals surface area contributed by atoms with Crippen LogP contribution in [-0.2, 0) is 14.3 Å². The minimum atomic E-state index is -1.38. The molecule has 0 radical (unpaired) electrons. The number of ketones is 1. The molecule has 2 N–H and O–H groups in total. The molecule has 0 aromatic carbocycles. The van der Waals surface area contributed by atoms with E-state index in [1.165, 1.54) is 0 Å². The van der Waals surface area contributed by atoms with Gasteiger partial charge in [0.25, 0.3) is 0 Å². The highest BCUT2D eigenvalue weighted by molar-refractivity contribution is 6.09. The van der Waals surface area contributed by atoms with Gasteiger partial charge in [-0.05, 0) is 33.6 Å². The minimum absolute atomic E-state index is 0.202. The van der Waals surface area contributed by atoms with E-state index in [0.717, 1.165) is 0 Å². The Labute approximate surface area is 83.8 Å². The number of carbonyl (C=O) groups excluding carboxylic acids is 2. The van der Waals surface area contributed by atoms with Crippen LogP contribution in [0.4, 0.5) is 0 Å². The van der Waals surface area contributed by atoms with Gasteiger partial charge in [-0.1, -0.05) is 0 Å². The molecule has 0 aromatic heterocycles. The lowest BCUT2D eigenvalue weighted by atomic mass is 9.98. The third-order valence-electron chi connectivity index (χ3n) is 2.24. The van der Waals surface area contributed by atoms with E-state index in [4.69, 9.17) is 10.5 Å². The highest BCUT2D eigenvalue weighted by Crippen LogP contribution is 2.26. The van der Waals surface area contributed by atoms with Gasteiger partial charge < -0.3 is 10.5 Å². The fourth-order valence-electron chi connectivity index (χ4n) is 1.48. The van der Waals surface area contributed by atoms with Crippen LogP contribution in [0.15, 0.2) is 0 Å². The van der Waals surface area contributed by atoms with Gasteiger partial charge in [0, 0.05) is 6.42 Å². The van der Waals surface area contributed by atoms with E-state index >= 15 is 0 Å². The second kappa shape index (κ2) is 3.35. The molecule has 0 amide bonds. The summed E-state index contributed by atoms with van der Waals surface area (Å²) in [6, 6.07) is 0. The Morgan fingerprint density at radius 3 is 2.43 bits per heavy atom. The van der Waals surface area contributed by atoms with E-state index in [2.05, 4.69) is 0 Å². The lowest BCUT2D eigenvalue weighted by molar-refractivity contribution is -0.163. The number of nitrogens with two attached hydrogens (primary N) is 1. The van der Waals surface area contributed by atoms with E-state index in [1.54, 1.807) is 20.8 Å². The minimum Gasteiger partial charge on any atom is -0.458 e. The third-order valence-corrected chi connectivity index (χ3v) is 2.24. The molecule has 0 aliphatic heterocycles. The largest absolute Gasteiger partial charge is 0.458 e. The predicted molar refractivity (Wildman–Crippen MR) is 51.6 cm³/mol. The third kappa shape index (κ3) is 2.12. The summed E-state index contributed by atoms with van der Waals surface area (Å²) in [5.41, 5.74) is 3.76. The van der Waals surface area contributed by atoms with E-state index in [9.17, 15) is 9.59 Å². The molecule has 14 heavy (non-hydrogen) atoms. The quantitative estimate of drug-likeness (QED) is 0.500. The summed E-state index contributed by atoms with van der Waals surface area (Å²) in [4.78, 5) is 23.0. The fourth-order valence-corrected chi connectivity index (χ4v) is 1.48. The summed E-state index contributed by atoms with van der Waals surface area (Å²) >= 11 is 0. The number of esters is 1. The molecule has 0 spiro atoms. The van der Waals surface area contributed by atoms with Crippen molar-refractivity contribution >= 4 is 11.8 Å². The van der Waals surface area contributed by atoms with Gasteiger partial charge in [0.1, 0.15) is 5.60 Å². The Bertz CT molecular complexity index is 267. The second-order valence-corrected chi connectivity index (χ2v) is 4.75. The maximum Gasteiger partial charge on any atom is 0.334 e. The first kappa shape index (κ1) is 11.2. The molecule has 4 heteroatoms. The van der Waals surface area contributed by atoms with Crippen LogP contribution in [-0.4, -0.2) is 22.9 Å². The zero-order valence-corrected chi connectivity index (χ0v) is 8.92. The standard InChI is InChI=1S/C10H17NO3/c1-9(2,3)14-8(13)10(11)6-4-5-7(10)12/h4-6,11H2,1-3H3/t10-/m1/s1. The van der Waals surface area contributed by atoms with Crippen molar-refractivity contribution in [2.24, 2.45) is 5.73 Å². The van der Waals surface area contributed by atoms with Gasteiger partial charge in [-0.15, -0.1) is 0 Å². The predicted octanol–water partition coefficient (Wildman–Crippen LogP) is 0.779. The highest BCUT2D eigenvalue weighted by Gasteiger charge is 2.47. The maximum absolute atomic E-state index is 11.6. The Balaban J connectivity index is 2.74.